The fourth-order valence-electron chi connectivity index (χ4n) is 0.813. The molecule has 1 rings (SSSR count). The monoisotopic (exact) mass is 184 g/mol. The molecule has 0 aliphatic rings. The Kier molecular flexibility index (Phi) is 5.59. The normalized spacial score (nSPS) is 8.62. The molecule has 74 valence electrons. The maximum atomic E-state index is 11.1. The summed E-state index contributed by atoms with van der Waals surface area (Å²) >= 11 is 0. The second-order valence-electron chi connectivity index (χ2n) is 2.06. The molecule has 0 aromatic carbocycles. The number of nitrogens with one attached hydrogen (secondary N) is 1. The van der Waals surface area contributed by atoms with E-state index in [0.717, 1.165) is 0 Å². The summed E-state index contributed by atoms with van der Waals surface area (Å²) in [5, 5.41) is 0. The van der Waals surface area contributed by atoms with E-state index in [1.807, 2.05) is 13.8 Å². The van der Waals surface area contributed by atoms with Crippen LogP contribution in [0.1, 0.15) is 37.7 Å². The van der Waals surface area contributed by atoms with Gasteiger partial charge >= 0.3 is 0 Å². The number of carbonyl (C=O) groups excluding carboxylic acids is 1. The molecule has 0 atom stereocenters. The van der Waals surface area contributed by atoms with E-state index in [4.69, 9.17) is 4.74 Å². The summed E-state index contributed by atoms with van der Waals surface area (Å²) < 4.78 is 4.85. The minimum Gasteiger partial charge on any atom is -0.479 e. The van der Waals surface area contributed by atoms with Crippen LogP contribution in [0.2, 0.25) is 0 Å². The van der Waals surface area contributed by atoms with Crippen molar-refractivity contribution in [3.05, 3.63) is 12.0 Å². The summed E-state index contributed by atoms with van der Waals surface area (Å²) in [6.45, 7) is 5.79. The Hall–Kier alpha value is -1.32. The molecule has 4 heteroatoms. The van der Waals surface area contributed by atoms with Crippen molar-refractivity contribution in [2.24, 2.45) is 0 Å². The van der Waals surface area contributed by atoms with E-state index in [-0.39, 0.29) is 5.78 Å². The van der Waals surface area contributed by atoms with Gasteiger partial charge in [-0.1, -0.05) is 20.8 Å². The first-order valence-electron chi connectivity index (χ1n) is 4.40. The fourth-order valence-corrected chi connectivity index (χ4v) is 0.813. The molecule has 13 heavy (non-hydrogen) atoms. The number of carbonyl (C=O) groups is 1. The number of rotatable bonds is 3. The van der Waals surface area contributed by atoms with Crippen LogP contribution in [0.4, 0.5) is 0 Å². The van der Waals surface area contributed by atoms with Crippen molar-refractivity contribution >= 4 is 5.78 Å². The zero-order valence-electron chi connectivity index (χ0n) is 8.55. The van der Waals surface area contributed by atoms with Gasteiger partial charge in [-0.05, 0) is 0 Å². The molecule has 0 aliphatic carbocycles. The van der Waals surface area contributed by atoms with Gasteiger partial charge < -0.3 is 9.72 Å². The summed E-state index contributed by atoms with van der Waals surface area (Å²) in [4.78, 5) is 17.6. The molecule has 0 amide bonds. The van der Waals surface area contributed by atoms with Gasteiger partial charge in [0.05, 0.1) is 13.4 Å². The van der Waals surface area contributed by atoms with Crippen LogP contribution in [-0.2, 0) is 0 Å². The molecule has 0 radical (unpaired) electrons. The van der Waals surface area contributed by atoms with Crippen LogP contribution in [-0.4, -0.2) is 22.9 Å². The number of methoxy groups -OCH3 is 1. The number of hydrogen-bond acceptors (Lipinski definition) is 3. The first kappa shape index (κ1) is 11.7. The molecule has 4 nitrogen and oxygen atoms in total. The molecule has 1 N–H and O–H groups in total. The Bertz CT molecular complexity index is 256. The molecule has 0 saturated heterocycles. The molecule has 0 saturated carbocycles. The van der Waals surface area contributed by atoms with E-state index in [2.05, 4.69) is 9.97 Å². The lowest BCUT2D eigenvalue weighted by Crippen LogP contribution is -1.99. The highest BCUT2D eigenvalue weighted by atomic mass is 16.5. The van der Waals surface area contributed by atoms with Crippen molar-refractivity contribution in [3.8, 4) is 5.88 Å². The maximum Gasteiger partial charge on any atom is 0.242 e. The Labute approximate surface area is 78.3 Å². The van der Waals surface area contributed by atoms with E-state index < -0.39 is 0 Å². The van der Waals surface area contributed by atoms with Crippen molar-refractivity contribution in [3.63, 3.8) is 0 Å². The molecular weight excluding hydrogens is 168 g/mol. The number of H-pyrrole nitrogens is 1. The standard InChI is InChI=1S/C7H10N2O2.C2H6/c1-3-5(10)6-7(11-2)9-4-8-6;1-2/h4H,3H2,1-2H3,(H,8,9);1-2H3. The molecular formula is C9H16N2O2. The quantitative estimate of drug-likeness (QED) is 0.731. The Balaban J connectivity index is 0.000000671. The maximum absolute atomic E-state index is 11.1. The number of ether oxygens (including phenoxy) is 1. The van der Waals surface area contributed by atoms with Gasteiger partial charge in [-0.2, -0.15) is 0 Å². The van der Waals surface area contributed by atoms with Crippen molar-refractivity contribution in [2.45, 2.75) is 27.2 Å². The average Bonchev–Trinajstić information content (AvgIpc) is 2.67. The van der Waals surface area contributed by atoms with Crippen molar-refractivity contribution in [1.82, 2.24) is 9.97 Å². The SMILES string of the molecule is CC.CCC(=O)c1[nH]cnc1OC. The Morgan fingerprint density at radius 2 is 2.23 bits per heavy atom. The van der Waals surface area contributed by atoms with E-state index >= 15 is 0 Å². The lowest BCUT2D eigenvalue weighted by Gasteiger charge is -1.96. The Morgan fingerprint density at radius 3 is 2.69 bits per heavy atom. The van der Waals surface area contributed by atoms with Gasteiger partial charge in [0.25, 0.3) is 0 Å². The fraction of sp³-hybridized carbons (Fsp3) is 0.556. The van der Waals surface area contributed by atoms with Crippen LogP contribution < -0.4 is 4.74 Å². The Morgan fingerprint density at radius 1 is 1.62 bits per heavy atom. The molecule has 0 bridgehead atoms. The molecule has 0 spiro atoms. The number of aromatic amines is 1. The first-order chi connectivity index (χ1) is 6.29. The largest absolute Gasteiger partial charge is 0.479 e. The van der Waals surface area contributed by atoms with Crippen LogP contribution in [0, 0.1) is 0 Å². The second kappa shape index (κ2) is 6.22. The zero-order chi connectivity index (χ0) is 10.3. The number of imidazole rings is 1. The van der Waals surface area contributed by atoms with Crippen molar-refractivity contribution in [2.75, 3.05) is 7.11 Å². The van der Waals surface area contributed by atoms with Crippen molar-refractivity contribution in [1.29, 1.82) is 0 Å². The van der Waals surface area contributed by atoms with Crippen LogP contribution in [0.3, 0.4) is 0 Å². The van der Waals surface area contributed by atoms with E-state index in [1.54, 1.807) is 6.92 Å². The van der Waals surface area contributed by atoms with E-state index in [1.165, 1.54) is 13.4 Å². The number of hydrogen-bond donors (Lipinski definition) is 1. The summed E-state index contributed by atoms with van der Waals surface area (Å²) in [7, 11) is 1.49. The molecule has 0 aliphatic heterocycles. The van der Waals surface area contributed by atoms with Gasteiger partial charge in [-0.15, -0.1) is 0 Å². The van der Waals surface area contributed by atoms with Gasteiger partial charge in [0, 0.05) is 6.42 Å². The summed E-state index contributed by atoms with van der Waals surface area (Å²) in [5.41, 5.74) is 0.454. The second-order valence-corrected chi connectivity index (χ2v) is 2.06. The first-order valence-corrected chi connectivity index (χ1v) is 4.40. The van der Waals surface area contributed by atoms with Crippen LogP contribution >= 0.6 is 0 Å². The molecule has 1 aromatic heterocycles. The highest BCUT2D eigenvalue weighted by molar-refractivity contribution is 5.96. The van der Waals surface area contributed by atoms with Gasteiger partial charge in [-0.3, -0.25) is 4.79 Å². The minimum atomic E-state index is 0.0133. The van der Waals surface area contributed by atoms with E-state index in [0.29, 0.717) is 18.0 Å². The van der Waals surface area contributed by atoms with Crippen LogP contribution in [0.25, 0.3) is 0 Å². The number of Topliss-reactive ketones (excluding diaryl/α,β-unsaturated/α-hetero) is 1. The third kappa shape index (κ3) is 2.89. The van der Waals surface area contributed by atoms with Gasteiger partial charge in [-0.25, -0.2) is 4.98 Å². The number of ketones is 1. The lowest BCUT2D eigenvalue weighted by molar-refractivity contribution is 0.0980. The zero-order valence-corrected chi connectivity index (χ0v) is 8.55. The molecule has 0 fully saturated rings. The summed E-state index contributed by atoms with van der Waals surface area (Å²) in [6.07, 6.45) is 1.90. The van der Waals surface area contributed by atoms with Crippen LogP contribution in [0.5, 0.6) is 5.88 Å². The van der Waals surface area contributed by atoms with Gasteiger partial charge in [0.2, 0.25) is 5.88 Å². The molecule has 1 aromatic rings. The molecule has 1 heterocycles. The average molecular weight is 184 g/mol. The minimum absolute atomic E-state index is 0.0133. The predicted octanol–water partition coefficient (Wildman–Crippen LogP) is 2.04. The summed E-state index contributed by atoms with van der Waals surface area (Å²) in [5.74, 6) is 0.385. The van der Waals surface area contributed by atoms with Crippen molar-refractivity contribution < 1.29 is 9.53 Å². The molecule has 0 unspecified atom stereocenters. The third-order valence-corrected chi connectivity index (χ3v) is 1.40. The van der Waals surface area contributed by atoms with E-state index in [9.17, 15) is 4.79 Å². The predicted molar refractivity (Wildman–Crippen MR) is 51.1 cm³/mol. The van der Waals surface area contributed by atoms with Gasteiger partial charge in [0.15, 0.2) is 5.78 Å². The highest BCUT2D eigenvalue weighted by Crippen LogP contribution is 2.12. The number of nitrogens with zero attached hydrogens (tertiary/aromatic N) is 1. The topological polar surface area (TPSA) is 55.0 Å². The third-order valence-electron chi connectivity index (χ3n) is 1.40. The highest BCUT2D eigenvalue weighted by Gasteiger charge is 2.11. The smallest absolute Gasteiger partial charge is 0.242 e. The lowest BCUT2D eigenvalue weighted by atomic mass is 10.2. The van der Waals surface area contributed by atoms with Crippen LogP contribution in [0.15, 0.2) is 6.33 Å². The summed E-state index contributed by atoms with van der Waals surface area (Å²) in [6, 6.07) is 0. The van der Waals surface area contributed by atoms with Gasteiger partial charge in [0.1, 0.15) is 5.69 Å². The number of aromatic nitrogens is 2.